The van der Waals surface area contributed by atoms with Crippen molar-refractivity contribution < 1.29 is 19.4 Å². The molecule has 0 bridgehead atoms. The fraction of sp³-hybridized carbons (Fsp3) is 0.700. The van der Waals surface area contributed by atoms with Gasteiger partial charge in [0.1, 0.15) is 58.4 Å². The van der Waals surface area contributed by atoms with Gasteiger partial charge >= 0.3 is 11.9 Å². The van der Waals surface area contributed by atoms with Gasteiger partial charge in [0.2, 0.25) is 0 Å². The maximum atomic E-state index is 12.0. The number of aromatic nitrogens is 20. The Hall–Kier alpha value is -9.76. The van der Waals surface area contributed by atoms with Crippen LogP contribution in [-0.2, 0) is 129 Å². The highest BCUT2D eigenvalue weighted by Gasteiger charge is 2.35. The van der Waals surface area contributed by atoms with Crippen LogP contribution < -0.4 is 10.9 Å². The van der Waals surface area contributed by atoms with Gasteiger partial charge < -0.3 is 24.6 Å². The molecule has 0 radical (unpaired) electrons. The topological polar surface area (TPSA) is 346 Å². The third-order valence-corrected chi connectivity index (χ3v) is 22.2. The second kappa shape index (κ2) is 51.8. The third kappa shape index (κ3) is 46.7. The van der Waals surface area contributed by atoms with E-state index in [0.29, 0.717) is 29.4 Å². The zero-order valence-electron chi connectivity index (χ0n) is 104. The summed E-state index contributed by atoms with van der Waals surface area (Å²) in [7, 11) is 7.95. The summed E-state index contributed by atoms with van der Waals surface area (Å²) in [4.78, 5) is 114. The van der Waals surface area contributed by atoms with E-state index in [-0.39, 0.29) is 115 Å². The Bertz CT molecular complexity index is 5410. The van der Waals surface area contributed by atoms with Crippen molar-refractivity contribution in [3.8, 4) is 0 Å². The van der Waals surface area contributed by atoms with Gasteiger partial charge in [0.05, 0.1) is 63.9 Å². The van der Waals surface area contributed by atoms with Crippen molar-refractivity contribution in [2.45, 2.75) is 511 Å². The highest BCUT2D eigenvalue weighted by molar-refractivity contribution is 5.90. The Balaban J connectivity index is 0.000000829. The van der Waals surface area contributed by atoms with Crippen molar-refractivity contribution in [1.29, 1.82) is 0 Å². The molecule has 0 unspecified atom stereocenters. The Labute approximate surface area is 892 Å². The van der Waals surface area contributed by atoms with Crippen molar-refractivity contribution in [3.63, 3.8) is 0 Å². The van der Waals surface area contributed by atoms with E-state index in [1.165, 1.54) is 23.1 Å². The maximum absolute atomic E-state index is 12.0. The van der Waals surface area contributed by atoms with Gasteiger partial charge in [-0.25, -0.2) is 84.3 Å². The van der Waals surface area contributed by atoms with Gasteiger partial charge in [-0.15, -0.1) is 5.10 Å². The lowest BCUT2D eigenvalue weighted by atomic mass is 9.87. The van der Waals surface area contributed by atoms with Gasteiger partial charge in [0.15, 0.2) is 5.82 Å². The molecule has 147 heavy (non-hydrogen) atoms. The molecule has 27 nitrogen and oxygen atoms in total. The summed E-state index contributed by atoms with van der Waals surface area (Å²) >= 11 is 0. The molecule has 2 N–H and O–H groups in total. The number of rotatable bonds is 10. The first kappa shape index (κ1) is 135. The van der Waals surface area contributed by atoms with E-state index in [9.17, 15) is 14.4 Å². The van der Waals surface area contributed by atoms with Gasteiger partial charge in [-0.05, 0) is 71.6 Å². The van der Waals surface area contributed by atoms with Crippen LogP contribution in [0, 0.1) is 0 Å². The number of nitrogens with zero attached hydrogens (tertiary/aromatic N) is 21. The summed E-state index contributed by atoms with van der Waals surface area (Å²) in [5, 5.41) is 20.4. The number of carbonyl (C=O) groups is 2. The number of esters is 1. The number of hydrogen-bond acceptors (Lipinski definition) is 25. The van der Waals surface area contributed by atoms with Crippen molar-refractivity contribution in [2.75, 3.05) is 34.3 Å². The van der Waals surface area contributed by atoms with E-state index >= 15 is 0 Å². The molecule has 0 fully saturated rings. The predicted molar refractivity (Wildman–Crippen MR) is 610 cm³/mol. The molecule has 9 aromatic heterocycles. The zero-order valence-corrected chi connectivity index (χ0v) is 104. The molecule has 9 aromatic rings. The minimum Gasteiger partial charge on any atom is -0.478 e. The van der Waals surface area contributed by atoms with Crippen molar-refractivity contribution >= 4 is 11.9 Å². The number of aryl methyl sites for hydroxylation is 3. The Kier molecular flexibility index (Phi) is 47.7. The summed E-state index contributed by atoms with van der Waals surface area (Å²) in [6.45, 7) is 120. The van der Waals surface area contributed by atoms with Crippen molar-refractivity contribution in [1.82, 2.24) is 110 Å². The van der Waals surface area contributed by atoms with Crippen LogP contribution in [0.4, 0.5) is 0 Å². The lowest BCUT2D eigenvalue weighted by Crippen LogP contribution is -2.33. The smallest absolute Gasteiger partial charge is 0.341 e. The Morgan fingerprint density at radius 1 is 0.340 bits per heavy atom. The second-order valence-corrected chi connectivity index (χ2v) is 57.4. The molecule has 0 amide bonds. The Morgan fingerprint density at radius 3 is 1.00 bits per heavy atom. The minimum absolute atomic E-state index is 0.000463. The Morgan fingerprint density at radius 2 is 0.667 bits per heavy atom. The van der Waals surface area contributed by atoms with Gasteiger partial charge in [0.25, 0.3) is 5.56 Å². The molecule has 9 rings (SSSR count). The molecule has 0 aliphatic carbocycles. The lowest BCUT2D eigenvalue weighted by molar-refractivity contribution is 0.0521. The normalized spacial score (nSPS) is 12.9. The van der Waals surface area contributed by atoms with Crippen LogP contribution in [0.2, 0.25) is 0 Å². The molecule has 0 aliphatic heterocycles. The van der Waals surface area contributed by atoms with Crippen LogP contribution in [0.25, 0.3) is 0 Å². The van der Waals surface area contributed by atoms with Crippen LogP contribution in [0.1, 0.15) is 535 Å². The van der Waals surface area contributed by atoms with E-state index in [4.69, 9.17) is 29.8 Å². The van der Waals surface area contributed by atoms with Crippen LogP contribution >= 0.6 is 0 Å². The quantitative estimate of drug-likeness (QED) is 0.120. The summed E-state index contributed by atoms with van der Waals surface area (Å²) < 4.78 is 6.70. The average molecular weight is 2040 g/mol. The first-order chi connectivity index (χ1) is 65.6. The molecule has 0 atom stereocenters. The summed E-state index contributed by atoms with van der Waals surface area (Å²) in [5.74, 6) is 5.44. The third-order valence-electron chi connectivity index (χ3n) is 22.2. The average Bonchev–Trinajstić information content (AvgIpc) is 0.796. The van der Waals surface area contributed by atoms with Crippen molar-refractivity contribution in [2.24, 2.45) is 7.05 Å². The number of aromatic carboxylic acids is 1. The summed E-state index contributed by atoms with van der Waals surface area (Å²) in [6.07, 6.45) is 17.0. The largest absolute Gasteiger partial charge is 0.478 e. The van der Waals surface area contributed by atoms with E-state index in [2.05, 4.69) is 409 Å². The number of carboxylic acids is 1. The summed E-state index contributed by atoms with van der Waals surface area (Å²) in [5.41, 5.74) is 12.9. The fourth-order valence-electron chi connectivity index (χ4n) is 12.8. The number of hydrogen-bond donors (Lipinski definition) is 2. The van der Waals surface area contributed by atoms with Gasteiger partial charge in [-0.1, -0.05) is 381 Å². The molecule has 0 spiro atoms. The van der Waals surface area contributed by atoms with Crippen LogP contribution in [0.15, 0.2) is 66.6 Å². The number of ether oxygens (including phenoxy) is 1. The molecule has 0 aromatic carbocycles. The molecule has 0 saturated carbocycles. The number of carbonyl (C=O) groups excluding carboxylic acids is 1. The van der Waals surface area contributed by atoms with E-state index < -0.39 is 5.97 Å². The molecular weight excluding hydrogens is 1830 g/mol. The second-order valence-electron chi connectivity index (χ2n) is 57.4. The SMILES string of the molecule is CC(C)(C)c1cncc(C(C)(C)C)n1.CC(C)(C)c1cnnc(C(C)(C)C)n1.CC(C)(C)c1ncc(C(=O)O)c(C(C)(C)C)n1.CC(C)(C)c1ncnc(C(C)(C)C)n1.CCOC(=O)c1cnc(C(C)(C)C)nc1C(C)(C)C.CCc1cnc(C(C)(C)C)nc1C(C)(C)C.CN(C)CCCc1cc(C(C)(C)C)nc(C(C)(C)C)n1.CNCc1cc(C(C)(C)C)nc(C(C)(C)C)n1.Cn1cc(C(C)(C)C)nc(C(C)(C)C)c1=O. The van der Waals surface area contributed by atoms with E-state index in [1.54, 1.807) is 37.3 Å². The van der Waals surface area contributed by atoms with Gasteiger partial charge in [-0.3, -0.25) is 14.8 Å². The standard InChI is InChI=1S/C17H31N3.C15H24N2O2.C14H25N3.C14H24N2.C13H20N2O2.C13H22N2O.C12H20N2.2C11H19N3/c1-16(2,3)14-12-13(10-9-11-20(7)8)18-15(19-14)17(4,5)6;1-8-19-12(18)10-9-16-13(15(5,6)7)17-11(10)14(2,3)4;1-13(2,3)11-8-10(9-15-7)16-12(17-11)14(4,5)6;1-8-10-9-15-12(14(5,6)7)16-11(10)13(2,3)4;1-12(2,3)9-8(10(16)17)7-14-11(15-9)13(4,5)6;1-12(2,3)9-8-15(7)11(16)10(14-9)13(4,5)6;1-11(2,3)9-7-13-8-10(14-9)12(4,5)6;1-10(2,3)8-12-7-13-9(14-8)11(4,5)6;1-10(2,3)8-7-12-14-9(13-8)11(4,5)6/h12H,9-11H2,1-8H3;9H,8H2,1-7H3;8,15H,9H2,1-7H3;9H,8H2,1-7H3;7H,1-6H3,(H,16,17);8H,1-7H3;7-8H,1-6H3;2*7H,1-6H3. The lowest BCUT2D eigenvalue weighted by Gasteiger charge is -2.24. The van der Waals surface area contributed by atoms with Crippen LogP contribution in [0.3, 0.4) is 0 Å². The maximum Gasteiger partial charge on any atom is 0.341 e. The molecule has 824 valence electrons. The van der Waals surface area contributed by atoms with Crippen LogP contribution in [-0.4, -0.2) is 156 Å². The fourth-order valence-corrected chi connectivity index (χ4v) is 12.8. The highest BCUT2D eigenvalue weighted by Crippen LogP contribution is 2.36. The molecule has 27 heteroatoms. The van der Waals surface area contributed by atoms with E-state index in [1.807, 2.05) is 115 Å². The first-order valence-corrected chi connectivity index (χ1v) is 52.5. The predicted octanol–water partition coefficient (Wildman–Crippen LogP) is 26.4. The van der Waals surface area contributed by atoms with E-state index in [0.717, 1.165) is 119 Å². The summed E-state index contributed by atoms with van der Waals surface area (Å²) in [6, 6.07) is 4.29. The van der Waals surface area contributed by atoms with Crippen molar-refractivity contribution in [3.05, 3.63) is 204 Å². The monoisotopic (exact) mass is 2030 g/mol. The minimum atomic E-state index is -0.976. The molecule has 9 heterocycles. The molecule has 0 saturated heterocycles. The molecular formula is C120H204N22O5. The zero-order chi connectivity index (χ0) is 115. The van der Waals surface area contributed by atoms with Gasteiger partial charge in [0, 0.05) is 165 Å². The number of nitrogens with one attached hydrogen (secondary N) is 1. The number of carboxylic acid groups (broad SMARTS) is 1. The van der Waals surface area contributed by atoms with Crippen LogP contribution in [0.5, 0.6) is 0 Å². The first-order valence-electron chi connectivity index (χ1n) is 52.5. The highest BCUT2D eigenvalue weighted by atomic mass is 16.5. The molecule has 0 aliphatic rings. The van der Waals surface area contributed by atoms with Gasteiger partial charge in [-0.2, -0.15) is 5.10 Å².